The molecule has 1 fully saturated rings. The monoisotopic (exact) mass is 516 g/mol. The highest BCUT2D eigenvalue weighted by Crippen LogP contribution is 2.54. The van der Waals surface area contributed by atoms with Gasteiger partial charge in [0.2, 0.25) is 0 Å². The van der Waals surface area contributed by atoms with Crippen molar-refractivity contribution in [2.45, 2.75) is 30.9 Å². The molecule has 0 bridgehead atoms. The van der Waals surface area contributed by atoms with Gasteiger partial charge >= 0.3 is 49.9 Å². The predicted molar refractivity (Wildman–Crippen MR) is 69.0 cm³/mol. The molecule has 1 aliphatic rings. The summed E-state index contributed by atoms with van der Waals surface area (Å²) in [6.45, 7) is 0. The minimum absolute atomic E-state index is 2.44. The average Bonchev–Trinajstić information content (AvgIpc) is 2.86. The Labute approximate surface area is 169 Å². The van der Waals surface area contributed by atoms with Gasteiger partial charge in [-0.05, 0) is 0 Å². The Kier molecular flexibility index (Phi) is 5.88. The predicted octanol–water partition coefficient (Wildman–Crippen LogP) is 4.58. The van der Waals surface area contributed by atoms with Crippen molar-refractivity contribution in [3.8, 4) is 0 Å². The SMILES string of the molecule is O=C1OB(c2c(C(F)(F)F)c(C(F)(F)F)c(C(F)(F)F)c(C(F)(F)F)c2C(F)(F)F)OC1=O. The molecule has 1 aromatic rings. The molecule has 0 spiro atoms. The van der Waals surface area contributed by atoms with Crippen LogP contribution >= 0.6 is 0 Å². The van der Waals surface area contributed by atoms with Crippen LogP contribution in [0.3, 0.4) is 0 Å². The first-order valence-corrected chi connectivity index (χ1v) is 7.41. The lowest BCUT2D eigenvalue weighted by molar-refractivity contribution is -0.188. The van der Waals surface area contributed by atoms with Crippen LogP contribution in [0.25, 0.3) is 0 Å². The van der Waals surface area contributed by atoms with Gasteiger partial charge in [0.05, 0.1) is 27.8 Å². The molecule has 4 nitrogen and oxygen atoms in total. The lowest BCUT2D eigenvalue weighted by atomic mass is 9.68. The van der Waals surface area contributed by atoms with E-state index in [0.717, 1.165) is 0 Å². The lowest BCUT2D eigenvalue weighted by Gasteiger charge is -2.30. The molecular weight excluding hydrogens is 516 g/mol. The van der Waals surface area contributed by atoms with Crippen molar-refractivity contribution in [3.05, 3.63) is 27.8 Å². The maximum absolute atomic E-state index is 13.5. The highest BCUT2D eigenvalue weighted by molar-refractivity contribution is 6.71. The maximum Gasteiger partial charge on any atom is 0.638 e. The largest absolute Gasteiger partial charge is 0.638 e. The maximum atomic E-state index is 13.5. The average molecular weight is 516 g/mol. The molecule has 1 aromatic carbocycles. The van der Waals surface area contributed by atoms with E-state index in [1.165, 1.54) is 0 Å². The molecule has 2 rings (SSSR count). The molecule has 0 amide bonds. The second-order valence-corrected chi connectivity index (χ2v) is 5.92. The van der Waals surface area contributed by atoms with E-state index < -0.39 is 83.2 Å². The molecule has 33 heavy (non-hydrogen) atoms. The normalized spacial score (nSPS) is 16.3. The van der Waals surface area contributed by atoms with E-state index in [1.807, 2.05) is 0 Å². The molecule has 0 unspecified atom stereocenters. The first-order valence-electron chi connectivity index (χ1n) is 7.41. The highest BCUT2D eigenvalue weighted by atomic mass is 19.4. The van der Waals surface area contributed by atoms with Crippen molar-refractivity contribution < 1.29 is 84.8 Å². The first-order chi connectivity index (χ1) is 14.4. The van der Waals surface area contributed by atoms with Crippen molar-refractivity contribution in [2.24, 2.45) is 0 Å². The molecule has 0 aromatic heterocycles. The Morgan fingerprint density at radius 1 is 0.424 bits per heavy atom. The van der Waals surface area contributed by atoms with E-state index in [0.29, 0.717) is 0 Å². The van der Waals surface area contributed by atoms with Crippen molar-refractivity contribution >= 4 is 24.5 Å². The van der Waals surface area contributed by atoms with Crippen molar-refractivity contribution in [3.63, 3.8) is 0 Å². The number of hydrogen-bond donors (Lipinski definition) is 0. The van der Waals surface area contributed by atoms with E-state index in [4.69, 9.17) is 0 Å². The minimum atomic E-state index is -7.07. The third kappa shape index (κ3) is 4.77. The molecule has 20 heteroatoms. The topological polar surface area (TPSA) is 52.6 Å². The summed E-state index contributed by atoms with van der Waals surface area (Å²) < 4.78 is 207. The van der Waals surface area contributed by atoms with Crippen LogP contribution in [0, 0.1) is 0 Å². The van der Waals surface area contributed by atoms with Crippen LogP contribution in [0.4, 0.5) is 65.9 Å². The Balaban J connectivity index is 3.42. The van der Waals surface area contributed by atoms with Gasteiger partial charge in [-0.25, -0.2) is 9.59 Å². The number of alkyl halides is 15. The molecule has 1 saturated heterocycles. The second-order valence-electron chi connectivity index (χ2n) is 5.92. The summed E-state index contributed by atoms with van der Waals surface area (Å²) in [5.74, 6) is -4.88. The summed E-state index contributed by atoms with van der Waals surface area (Å²) in [7, 11) is -3.84. The van der Waals surface area contributed by atoms with Crippen molar-refractivity contribution in [1.29, 1.82) is 0 Å². The summed E-state index contributed by atoms with van der Waals surface area (Å²) >= 11 is 0. The summed E-state index contributed by atoms with van der Waals surface area (Å²) in [6, 6.07) is 0. The number of benzene rings is 1. The van der Waals surface area contributed by atoms with Gasteiger partial charge in [-0.2, -0.15) is 65.9 Å². The number of halogens is 15. The van der Waals surface area contributed by atoms with Crippen LogP contribution in [0.1, 0.15) is 27.8 Å². The van der Waals surface area contributed by atoms with E-state index in [9.17, 15) is 75.4 Å². The number of hydrogen-bond acceptors (Lipinski definition) is 4. The third-order valence-corrected chi connectivity index (χ3v) is 3.79. The van der Waals surface area contributed by atoms with Gasteiger partial charge in [-0.15, -0.1) is 0 Å². The van der Waals surface area contributed by atoms with Gasteiger partial charge in [-0.1, -0.05) is 0 Å². The van der Waals surface area contributed by atoms with Crippen LogP contribution in [0.2, 0.25) is 0 Å². The molecule has 0 aliphatic carbocycles. The smallest absolute Gasteiger partial charge is 0.487 e. The van der Waals surface area contributed by atoms with E-state index in [1.54, 1.807) is 0 Å². The Morgan fingerprint density at radius 2 is 0.636 bits per heavy atom. The fraction of sp³-hybridized carbons (Fsp3) is 0.385. The van der Waals surface area contributed by atoms with E-state index in [2.05, 4.69) is 9.31 Å². The molecule has 1 heterocycles. The zero-order valence-corrected chi connectivity index (χ0v) is 14.4. The molecule has 0 radical (unpaired) electrons. The van der Waals surface area contributed by atoms with E-state index >= 15 is 0 Å². The number of carbonyl (C=O) groups is 2. The molecule has 0 N–H and O–H groups in total. The summed E-state index contributed by atoms with van der Waals surface area (Å²) in [5, 5.41) is 0. The van der Waals surface area contributed by atoms with Gasteiger partial charge in [0.15, 0.2) is 0 Å². The summed E-state index contributed by atoms with van der Waals surface area (Å²) in [5.41, 5.74) is -24.0. The molecule has 184 valence electrons. The van der Waals surface area contributed by atoms with Gasteiger partial charge < -0.3 is 9.31 Å². The first kappa shape index (κ1) is 26.4. The molecule has 1 aliphatic heterocycles. The summed E-state index contributed by atoms with van der Waals surface area (Å²) in [6.07, 6.45) is -34.8. The zero-order chi connectivity index (χ0) is 26.1. The molecular formula is C13BF15O4. The lowest BCUT2D eigenvalue weighted by Crippen LogP contribution is -2.47. The third-order valence-electron chi connectivity index (χ3n) is 3.79. The number of rotatable bonds is 1. The van der Waals surface area contributed by atoms with Gasteiger partial charge in [0.25, 0.3) is 0 Å². The second kappa shape index (κ2) is 7.34. The minimum Gasteiger partial charge on any atom is -0.487 e. The standard InChI is InChI=1S/C13BF15O4/c15-9(16,17)1-2(10(18,19)20)4(12(24,25)26)6(14-32-7(30)8(31)33-14)5(13(27,28)29)3(1)11(21,22)23. The Bertz CT molecular complexity index is 927. The Morgan fingerprint density at radius 3 is 0.848 bits per heavy atom. The zero-order valence-electron chi connectivity index (χ0n) is 14.4. The van der Waals surface area contributed by atoms with Crippen LogP contribution in [-0.2, 0) is 49.8 Å². The fourth-order valence-electron chi connectivity index (χ4n) is 2.88. The van der Waals surface area contributed by atoms with Crippen LogP contribution in [-0.4, -0.2) is 19.1 Å². The molecule has 0 saturated carbocycles. The Hall–Kier alpha value is -2.83. The van der Waals surface area contributed by atoms with E-state index in [-0.39, 0.29) is 0 Å². The van der Waals surface area contributed by atoms with Gasteiger partial charge in [0.1, 0.15) is 0 Å². The van der Waals surface area contributed by atoms with Crippen molar-refractivity contribution in [2.75, 3.05) is 0 Å². The quantitative estimate of drug-likeness (QED) is 0.312. The molecule has 0 atom stereocenters. The number of carbonyl (C=O) groups excluding carboxylic acids is 2. The van der Waals surface area contributed by atoms with Crippen LogP contribution in [0.15, 0.2) is 0 Å². The highest BCUT2D eigenvalue weighted by Gasteiger charge is 2.63. The van der Waals surface area contributed by atoms with Gasteiger partial charge in [0, 0.05) is 5.46 Å². The van der Waals surface area contributed by atoms with Gasteiger partial charge in [-0.3, -0.25) is 0 Å². The van der Waals surface area contributed by atoms with Crippen LogP contribution < -0.4 is 5.46 Å². The fourth-order valence-corrected chi connectivity index (χ4v) is 2.88. The van der Waals surface area contributed by atoms with Crippen molar-refractivity contribution in [1.82, 2.24) is 0 Å². The van der Waals surface area contributed by atoms with Crippen LogP contribution in [0.5, 0.6) is 0 Å². The summed E-state index contributed by atoms with van der Waals surface area (Å²) in [4.78, 5) is 22.0.